The number of carboxylic acids is 1. The molecule has 1 aliphatic rings. The average Bonchev–Trinajstić information content (AvgIpc) is 3.13. The van der Waals surface area contributed by atoms with Crippen LogP contribution in [-0.2, 0) is 15.9 Å². The molecule has 2 heterocycles. The third-order valence-electron chi connectivity index (χ3n) is 5.39. The van der Waals surface area contributed by atoms with Gasteiger partial charge in [0.1, 0.15) is 0 Å². The minimum Gasteiger partial charge on any atom is -0.480 e. The lowest BCUT2D eigenvalue weighted by Gasteiger charge is -2.42. The molecule has 0 spiro atoms. The highest BCUT2D eigenvalue weighted by Gasteiger charge is 2.56. The number of carbonyl (C=O) groups is 1. The average molecular weight is 407 g/mol. The molecule has 28 heavy (non-hydrogen) atoms. The van der Waals surface area contributed by atoms with Crippen LogP contribution in [0.5, 0.6) is 0 Å². The van der Waals surface area contributed by atoms with Gasteiger partial charge in [-0.25, -0.2) is 0 Å². The molecular formula is C19H26N3O5P. The van der Waals surface area contributed by atoms with E-state index in [1.54, 1.807) is 6.20 Å². The molecule has 2 unspecified atom stereocenters. The summed E-state index contributed by atoms with van der Waals surface area (Å²) in [5, 5.41) is 12.1. The van der Waals surface area contributed by atoms with Gasteiger partial charge in [0.2, 0.25) is 7.37 Å². The van der Waals surface area contributed by atoms with E-state index in [9.17, 15) is 19.4 Å². The van der Waals surface area contributed by atoms with Crippen LogP contribution in [0, 0.1) is 0 Å². The molecule has 0 bridgehead atoms. The van der Waals surface area contributed by atoms with Crippen LogP contribution in [-0.4, -0.2) is 57.0 Å². The molecule has 1 aromatic heterocycles. The van der Waals surface area contributed by atoms with Crippen molar-refractivity contribution in [2.24, 2.45) is 5.73 Å². The fourth-order valence-electron chi connectivity index (χ4n) is 3.77. The second-order valence-electron chi connectivity index (χ2n) is 7.26. The van der Waals surface area contributed by atoms with Crippen LogP contribution >= 0.6 is 7.37 Å². The lowest BCUT2D eigenvalue weighted by atomic mass is 9.99. The largest absolute Gasteiger partial charge is 0.480 e. The van der Waals surface area contributed by atoms with Gasteiger partial charge < -0.3 is 20.3 Å². The van der Waals surface area contributed by atoms with Crippen molar-refractivity contribution in [3.8, 4) is 11.3 Å². The summed E-state index contributed by atoms with van der Waals surface area (Å²) in [5.74, 6) is -0.587. The van der Waals surface area contributed by atoms with Crippen LogP contribution in [0.25, 0.3) is 11.3 Å². The minimum atomic E-state index is -3.84. The molecule has 0 saturated carbocycles. The molecular weight excluding hydrogens is 381 g/mol. The van der Waals surface area contributed by atoms with Gasteiger partial charge in [0.15, 0.2) is 10.9 Å². The van der Waals surface area contributed by atoms with E-state index in [-0.39, 0.29) is 19.1 Å². The Bertz CT molecular complexity index is 856. The summed E-state index contributed by atoms with van der Waals surface area (Å²) in [6.45, 7) is 1.19. The van der Waals surface area contributed by atoms with Crippen molar-refractivity contribution in [1.82, 2.24) is 10.1 Å². The Morgan fingerprint density at radius 2 is 2.07 bits per heavy atom. The van der Waals surface area contributed by atoms with E-state index in [2.05, 4.69) is 5.16 Å². The van der Waals surface area contributed by atoms with Crippen LogP contribution in [0.1, 0.15) is 24.8 Å². The zero-order chi connectivity index (χ0) is 20.2. The summed E-state index contributed by atoms with van der Waals surface area (Å²) in [5.41, 5.74) is 7.22. The van der Waals surface area contributed by atoms with Crippen molar-refractivity contribution in [3.63, 3.8) is 0 Å². The van der Waals surface area contributed by atoms with Crippen molar-refractivity contribution < 1.29 is 23.9 Å². The molecule has 3 rings (SSSR count). The predicted molar refractivity (Wildman–Crippen MR) is 105 cm³/mol. The molecule has 4 N–H and O–H groups in total. The maximum Gasteiger partial charge on any atom is 0.320 e. The molecule has 1 saturated heterocycles. The zero-order valence-corrected chi connectivity index (χ0v) is 16.6. The smallest absolute Gasteiger partial charge is 0.320 e. The van der Waals surface area contributed by atoms with E-state index in [4.69, 9.17) is 10.3 Å². The van der Waals surface area contributed by atoms with E-state index in [1.165, 1.54) is 0 Å². The summed E-state index contributed by atoms with van der Waals surface area (Å²) in [7, 11) is -3.84. The fraction of sp³-hybridized carbons (Fsp3) is 0.474. The van der Waals surface area contributed by atoms with Crippen molar-refractivity contribution >= 4 is 13.3 Å². The second kappa shape index (κ2) is 8.57. The van der Waals surface area contributed by atoms with Crippen LogP contribution in [0.3, 0.4) is 0 Å². The maximum atomic E-state index is 12.8. The fourth-order valence-corrected chi connectivity index (χ4v) is 5.98. The van der Waals surface area contributed by atoms with Gasteiger partial charge >= 0.3 is 5.97 Å². The first-order valence-electron chi connectivity index (χ1n) is 9.36. The summed E-state index contributed by atoms with van der Waals surface area (Å²) in [6.07, 6.45) is 2.84. The molecule has 0 radical (unpaired) electrons. The van der Waals surface area contributed by atoms with Gasteiger partial charge in [-0.2, -0.15) is 0 Å². The van der Waals surface area contributed by atoms with Crippen LogP contribution in [0.15, 0.2) is 41.1 Å². The Morgan fingerprint density at radius 1 is 1.32 bits per heavy atom. The zero-order valence-electron chi connectivity index (χ0n) is 15.7. The number of hydrogen-bond donors (Lipinski definition) is 3. The van der Waals surface area contributed by atoms with Gasteiger partial charge in [-0.15, -0.1) is 0 Å². The van der Waals surface area contributed by atoms with Gasteiger partial charge in [0, 0.05) is 36.9 Å². The standard InChI is InChI=1S/C19H26N3O5P/c20-9-5-4-8-19(18(23)24)14-22(10-11-28(19,25)26)13-16-12-21-27-17(16)15-6-2-1-3-7-15/h1-3,6-7,12H,4-5,8-11,13-14,20H2,(H,23,24)(H,25,26). The van der Waals surface area contributed by atoms with E-state index in [1.807, 2.05) is 35.2 Å². The number of aliphatic carboxylic acids is 1. The first kappa shape index (κ1) is 20.7. The van der Waals surface area contributed by atoms with E-state index in [0.29, 0.717) is 38.2 Å². The number of hydrogen-bond acceptors (Lipinski definition) is 6. The second-order valence-corrected chi connectivity index (χ2v) is 9.97. The Morgan fingerprint density at radius 3 is 2.75 bits per heavy atom. The van der Waals surface area contributed by atoms with Gasteiger partial charge in [-0.3, -0.25) is 14.3 Å². The number of rotatable bonds is 8. The number of unbranched alkanes of at least 4 members (excludes halogenated alkanes) is 1. The molecule has 1 fully saturated rings. The number of benzene rings is 1. The van der Waals surface area contributed by atoms with E-state index in [0.717, 1.165) is 11.1 Å². The van der Waals surface area contributed by atoms with Crippen molar-refractivity contribution in [1.29, 1.82) is 0 Å². The number of carboxylic acid groups (broad SMARTS) is 1. The minimum absolute atomic E-state index is 0.0140. The topological polar surface area (TPSA) is 130 Å². The summed E-state index contributed by atoms with van der Waals surface area (Å²) >= 11 is 0. The molecule has 1 aromatic carbocycles. The first-order valence-corrected chi connectivity index (χ1v) is 11.2. The van der Waals surface area contributed by atoms with Gasteiger partial charge in [0.25, 0.3) is 0 Å². The van der Waals surface area contributed by atoms with Crippen molar-refractivity contribution in [2.75, 3.05) is 25.8 Å². The summed E-state index contributed by atoms with van der Waals surface area (Å²) in [4.78, 5) is 24.5. The summed E-state index contributed by atoms with van der Waals surface area (Å²) < 4.78 is 18.2. The molecule has 1 aliphatic heterocycles. The third-order valence-corrected chi connectivity index (χ3v) is 8.09. The Hall–Kier alpha value is -1.99. The van der Waals surface area contributed by atoms with Crippen LogP contribution in [0.4, 0.5) is 0 Å². The molecule has 152 valence electrons. The normalized spacial score (nSPS) is 25.6. The molecule has 0 aliphatic carbocycles. The van der Waals surface area contributed by atoms with Crippen LogP contribution in [0.2, 0.25) is 0 Å². The molecule has 8 nitrogen and oxygen atoms in total. The number of nitrogens with zero attached hydrogens (tertiary/aromatic N) is 2. The Labute approximate surface area is 163 Å². The highest BCUT2D eigenvalue weighted by molar-refractivity contribution is 7.61. The quantitative estimate of drug-likeness (QED) is 0.449. The highest BCUT2D eigenvalue weighted by Crippen LogP contribution is 2.59. The highest BCUT2D eigenvalue weighted by atomic mass is 31.2. The van der Waals surface area contributed by atoms with Crippen molar-refractivity contribution in [2.45, 2.75) is 31.0 Å². The lowest BCUT2D eigenvalue weighted by molar-refractivity contribution is -0.141. The number of nitrogens with two attached hydrogens (primary N) is 1. The molecule has 9 heteroatoms. The Kier molecular flexibility index (Phi) is 6.35. The SMILES string of the molecule is NCCCCC1(C(=O)O)CN(Cc2cnoc2-c2ccccc2)CCP1(=O)O. The lowest BCUT2D eigenvalue weighted by Crippen LogP contribution is -2.53. The van der Waals surface area contributed by atoms with E-state index < -0.39 is 18.5 Å². The molecule has 2 aromatic rings. The summed E-state index contributed by atoms with van der Waals surface area (Å²) in [6, 6.07) is 9.54. The monoisotopic (exact) mass is 407 g/mol. The molecule has 0 amide bonds. The molecule has 2 atom stereocenters. The van der Waals surface area contributed by atoms with Gasteiger partial charge in [-0.05, 0) is 19.4 Å². The Balaban J connectivity index is 1.82. The van der Waals surface area contributed by atoms with Gasteiger partial charge in [0.05, 0.1) is 6.20 Å². The van der Waals surface area contributed by atoms with E-state index >= 15 is 0 Å². The van der Waals surface area contributed by atoms with Crippen molar-refractivity contribution in [3.05, 3.63) is 42.1 Å². The maximum absolute atomic E-state index is 12.8. The third kappa shape index (κ3) is 4.05. The number of aromatic nitrogens is 1. The first-order chi connectivity index (χ1) is 13.4. The predicted octanol–water partition coefficient (Wildman–Crippen LogP) is 2.38. The van der Waals surface area contributed by atoms with Gasteiger partial charge in [-0.1, -0.05) is 41.9 Å². The van der Waals surface area contributed by atoms with Crippen LogP contribution < -0.4 is 5.73 Å².